The lowest BCUT2D eigenvalue weighted by Gasteiger charge is -2.27. The summed E-state index contributed by atoms with van der Waals surface area (Å²) in [5, 5.41) is 0. The standard InChI is InChI=1S/C19H21NO2/c21-18-14-7-3-4-8-15(14)19(22)17-10-12-20(11-9-16(17)18)13-5-1-2-6-13/h3-4,7-8,13H,1-2,5-6,9-12H2. The lowest BCUT2D eigenvalue weighted by atomic mass is 9.82. The van der Waals surface area contributed by atoms with E-state index in [4.69, 9.17) is 0 Å². The summed E-state index contributed by atoms with van der Waals surface area (Å²) in [6, 6.07) is 7.93. The first-order chi connectivity index (χ1) is 10.8. The molecule has 0 saturated heterocycles. The van der Waals surface area contributed by atoms with Gasteiger partial charge in [-0.15, -0.1) is 0 Å². The fraction of sp³-hybridized carbons (Fsp3) is 0.474. The van der Waals surface area contributed by atoms with Crippen molar-refractivity contribution in [2.75, 3.05) is 13.1 Å². The number of benzene rings is 1. The minimum Gasteiger partial charge on any atom is -0.300 e. The van der Waals surface area contributed by atoms with Crippen LogP contribution in [0.1, 0.15) is 59.2 Å². The predicted molar refractivity (Wildman–Crippen MR) is 85.2 cm³/mol. The average Bonchev–Trinajstić information content (AvgIpc) is 2.99. The molecule has 4 rings (SSSR count). The molecule has 0 amide bonds. The van der Waals surface area contributed by atoms with Crippen molar-refractivity contribution in [3.8, 4) is 0 Å². The normalized spacial score (nSPS) is 23.5. The van der Waals surface area contributed by atoms with Crippen molar-refractivity contribution in [2.24, 2.45) is 0 Å². The van der Waals surface area contributed by atoms with Crippen molar-refractivity contribution in [2.45, 2.75) is 44.6 Å². The van der Waals surface area contributed by atoms with Gasteiger partial charge in [-0.3, -0.25) is 14.5 Å². The second-order valence-corrected chi connectivity index (χ2v) is 6.64. The van der Waals surface area contributed by atoms with Crippen molar-refractivity contribution >= 4 is 11.6 Å². The maximum absolute atomic E-state index is 12.7. The molecule has 1 aromatic rings. The second kappa shape index (κ2) is 5.47. The first kappa shape index (κ1) is 13.9. The van der Waals surface area contributed by atoms with Gasteiger partial charge in [-0.25, -0.2) is 0 Å². The van der Waals surface area contributed by atoms with Gasteiger partial charge >= 0.3 is 0 Å². The molecule has 114 valence electrons. The summed E-state index contributed by atoms with van der Waals surface area (Å²) in [6.07, 6.45) is 6.63. The quantitative estimate of drug-likeness (QED) is 0.797. The number of fused-ring (bicyclic) bond motifs is 1. The van der Waals surface area contributed by atoms with E-state index in [1.807, 2.05) is 12.1 Å². The number of nitrogens with zero attached hydrogens (tertiary/aromatic N) is 1. The third kappa shape index (κ3) is 2.15. The number of carbonyl (C=O) groups excluding carboxylic acids is 2. The zero-order valence-electron chi connectivity index (χ0n) is 12.8. The van der Waals surface area contributed by atoms with Gasteiger partial charge in [0.15, 0.2) is 11.6 Å². The number of carbonyl (C=O) groups is 2. The summed E-state index contributed by atoms with van der Waals surface area (Å²) in [4.78, 5) is 28.0. The number of ketones is 2. The van der Waals surface area contributed by atoms with E-state index < -0.39 is 0 Å². The Bertz CT molecular complexity index is 619. The van der Waals surface area contributed by atoms with Crippen molar-refractivity contribution in [3.05, 3.63) is 46.5 Å². The van der Waals surface area contributed by atoms with Gasteiger partial charge in [-0.2, -0.15) is 0 Å². The van der Waals surface area contributed by atoms with E-state index in [0.29, 0.717) is 17.2 Å². The van der Waals surface area contributed by atoms with Crippen LogP contribution < -0.4 is 0 Å². The first-order valence-corrected chi connectivity index (χ1v) is 8.40. The summed E-state index contributed by atoms with van der Waals surface area (Å²) in [5.74, 6) is 0.164. The molecule has 22 heavy (non-hydrogen) atoms. The van der Waals surface area contributed by atoms with Gasteiger partial charge in [0.2, 0.25) is 0 Å². The van der Waals surface area contributed by atoms with Crippen LogP contribution in [-0.2, 0) is 0 Å². The molecular weight excluding hydrogens is 274 g/mol. The molecule has 1 aliphatic heterocycles. The summed E-state index contributed by atoms with van der Waals surface area (Å²) in [7, 11) is 0. The third-order valence-corrected chi connectivity index (χ3v) is 5.47. The van der Waals surface area contributed by atoms with Crippen LogP contribution in [0.3, 0.4) is 0 Å². The Morgan fingerprint density at radius 1 is 0.818 bits per heavy atom. The number of hydrogen-bond donors (Lipinski definition) is 0. The molecule has 0 unspecified atom stereocenters. The van der Waals surface area contributed by atoms with Gasteiger partial charge in [0.25, 0.3) is 0 Å². The number of Topliss-reactive ketones (excluding diaryl/α,β-unsaturated/α-hetero) is 2. The molecule has 0 atom stereocenters. The van der Waals surface area contributed by atoms with E-state index in [1.165, 1.54) is 25.7 Å². The van der Waals surface area contributed by atoms with Gasteiger partial charge in [-0.05, 0) is 25.7 Å². The highest BCUT2D eigenvalue weighted by atomic mass is 16.1. The van der Waals surface area contributed by atoms with Crippen LogP contribution in [0.2, 0.25) is 0 Å². The lowest BCUT2D eigenvalue weighted by molar-refractivity contribution is 0.0970. The van der Waals surface area contributed by atoms with E-state index in [0.717, 1.165) is 37.1 Å². The molecule has 1 fully saturated rings. The molecule has 0 radical (unpaired) electrons. The number of hydrogen-bond acceptors (Lipinski definition) is 3. The Morgan fingerprint density at radius 3 is 1.82 bits per heavy atom. The minimum atomic E-state index is 0.0819. The van der Waals surface area contributed by atoms with Crippen LogP contribution in [-0.4, -0.2) is 35.6 Å². The highest BCUT2D eigenvalue weighted by Gasteiger charge is 2.34. The van der Waals surface area contributed by atoms with Crippen LogP contribution >= 0.6 is 0 Å². The summed E-state index contributed by atoms with van der Waals surface area (Å²) in [5.41, 5.74) is 2.76. The topological polar surface area (TPSA) is 37.4 Å². The molecule has 0 bridgehead atoms. The van der Waals surface area contributed by atoms with E-state index in [2.05, 4.69) is 4.90 Å². The van der Waals surface area contributed by atoms with Crippen LogP contribution in [0.25, 0.3) is 0 Å². The smallest absolute Gasteiger partial charge is 0.190 e. The molecule has 1 aromatic carbocycles. The highest BCUT2D eigenvalue weighted by Crippen LogP contribution is 2.33. The van der Waals surface area contributed by atoms with Gasteiger partial charge in [0.1, 0.15) is 0 Å². The second-order valence-electron chi connectivity index (χ2n) is 6.64. The highest BCUT2D eigenvalue weighted by molar-refractivity contribution is 6.26. The van der Waals surface area contributed by atoms with E-state index in [-0.39, 0.29) is 11.6 Å². The molecule has 3 heteroatoms. The fourth-order valence-corrected chi connectivity index (χ4v) is 4.26. The molecule has 0 aromatic heterocycles. The molecule has 0 spiro atoms. The maximum atomic E-state index is 12.7. The zero-order valence-corrected chi connectivity index (χ0v) is 12.8. The first-order valence-electron chi connectivity index (χ1n) is 8.40. The third-order valence-electron chi connectivity index (χ3n) is 5.47. The fourth-order valence-electron chi connectivity index (χ4n) is 4.26. The van der Waals surface area contributed by atoms with Crippen LogP contribution in [0, 0.1) is 0 Å². The lowest BCUT2D eigenvalue weighted by Crippen LogP contribution is -2.34. The molecule has 0 N–H and O–H groups in total. The number of rotatable bonds is 1. The Morgan fingerprint density at radius 2 is 1.32 bits per heavy atom. The van der Waals surface area contributed by atoms with Crippen LogP contribution in [0.15, 0.2) is 35.4 Å². The van der Waals surface area contributed by atoms with Crippen molar-refractivity contribution in [3.63, 3.8) is 0 Å². The average molecular weight is 295 g/mol. The van der Waals surface area contributed by atoms with Crippen molar-refractivity contribution in [1.82, 2.24) is 4.90 Å². The Kier molecular flexibility index (Phi) is 3.45. The summed E-state index contributed by atoms with van der Waals surface area (Å²) in [6.45, 7) is 1.84. The Balaban J connectivity index is 1.63. The molecule has 1 saturated carbocycles. The Labute approximate surface area is 131 Å². The predicted octanol–water partition coefficient (Wildman–Crippen LogP) is 3.40. The van der Waals surface area contributed by atoms with Gasteiger partial charge in [0, 0.05) is 41.4 Å². The van der Waals surface area contributed by atoms with Gasteiger partial charge < -0.3 is 0 Å². The SMILES string of the molecule is O=C1C2=C(CCN(C3CCCC3)CC2)C(=O)c2ccccc21. The summed E-state index contributed by atoms with van der Waals surface area (Å²) < 4.78 is 0. The van der Waals surface area contributed by atoms with Gasteiger partial charge in [-0.1, -0.05) is 37.1 Å². The molecule has 1 heterocycles. The van der Waals surface area contributed by atoms with Crippen LogP contribution in [0.4, 0.5) is 0 Å². The van der Waals surface area contributed by atoms with Crippen molar-refractivity contribution in [1.29, 1.82) is 0 Å². The Hall–Kier alpha value is -1.74. The maximum Gasteiger partial charge on any atom is 0.190 e. The van der Waals surface area contributed by atoms with E-state index in [9.17, 15) is 9.59 Å². The monoisotopic (exact) mass is 295 g/mol. The zero-order chi connectivity index (χ0) is 15.1. The van der Waals surface area contributed by atoms with Gasteiger partial charge in [0.05, 0.1) is 0 Å². The molecule has 3 aliphatic rings. The van der Waals surface area contributed by atoms with Crippen molar-refractivity contribution < 1.29 is 9.59 Å². The summed E-state index contributed by atoms with van der Waals surface area (Å²) >= 11 is 0. The van der Waals surface area contributed by atoms with E-state index >= 15 is 0 Å². The minimum absolute atomic E-state index is 0.0819. The largest absolute Gasteiger partial charge is 0.300 e. The van der Waals surface area contributed by atoms with Crippen LogP contribution in [0.5, 0.6) is 0 Å². The molecule has 3 nitrogen and oxygen atoms in total. The molecule has 2 aliphatic carbocycles. The van der Waals surface area contributed by atoms with E-state index in [1.54, 1.807) is 12.1 Å². The molecular formula is C19H21NO2.